The van der Waals surface area contributed by atoms with Crippen LogP contribution < -0.4 is 5.32 Å². The summed E-state index contributed by atoms with van der Waals surface area (Å²) in [6.07, 6.45) is -5.15. The average Bonchev–Trinajstić information content (AvgIpc) is 2.78. The third kappa shape index (κ3) is 3.77. The SMILES string of the molecule is Cc1noc(C)c1CCNC(=O)N1CCC(O)(C(F)(F)F)CC1. The van der Waals surface area contributed by atoms with Gasteiger partial charge in [0.05, 0.1) is 5.69 Å². The molecule has 1 aromatic rings. The summed E-state index contributed by atoms with van der Waals surface area (Å²) in [6.45, 7) is 3.65. The third-order valence-electron chi connectivity index (χ3n) is 4.24. The molecule has 0 bridgehead atoms. The van der Waals surface area contributed by atoms with E-state index in [1.807, 2.05) is 0 Å². The molecule has 1 fully saturated rings. The normalized spacial score (nSPS) is 18.1. The standard InChI is InChI=1S/C14H20F3N3O3/c1-9-11(10(2)23-19-9)3-6-18-12(21)20-7-4-13(22,5-8-20)14(15,16)17/h22H,3-8H2,1-2H3,(H,18,21). The van der Waals surface area contributed by atoms with Crippen LogP contribution in [0, 0.1) is 13.8 Å². The third-order valence-corrected chi connectivity index (χ3v) is 4.24. The van der Waals surface area contributed by atoms with Gasteiger partial charge in [0.25, 0.3) is 0 Å². The maximum absolute atomic E-state index is 12.7. The van der Waals surface area contributed by atoms with Crippen molar-refractivity contribution >= 4 is 6.03 Å². The van der Waals surface area contributed by atoms with Crippen molar-refractivity contribution < 1.29 is 27.6 Å². The Morgan fingerprint density at radius 2 is 2.00 bits per heavy atom. The van der Waals surface area contributed by atoms with Gasteiger partial charge in [-0.2, -0.15) is 13.2 Å². The first-order chi connectivity index (χ1) is 10.6. The molecule has 1 aliphatic heterocycles. The molecule has 6 nitrogen and oxygen atoms in total. The van der Waals surface area contributed by atoms with Crippen molar-refractivity contribution in [3.05, 3.63) is 17.0 Å². The Hall–Kier alpha value is -1.77. The van der Waals surface area contributed by atoms with Crippen LogP contribution >= 0.6 is 0 Å². The van der Waals surface area contributed by atoms with E-state index in [1.54, 1.807) is 13.8 Å². The number of likely N-dealkylation sites (tertiary alicyclic amines) is 1. The maximum atomic E-state index is 12.7. The molecule has 0 aliphatic carbocycles. The number of nitrogens with zero attached hydrogens (tertiary/aromatic N) is 2. The highest BCUT2D eigenvalue weighted by Crippen LogP contribution is 2.38. The number of piperidine rings is 1. The summed E-state index contributed by atoms with van der Waals surface area (Å²) in [7, 11) is 0. The fourth-order valence-electron chi connectivity index (χ4n) is 2.63. The Balaban J connectivity index is 1.80. The second kappa shape index (κ2) is 6.38. The summed E-state index contributed by atoms with van der Waals surface area (Å²) in [4.78, 5) is 13.3. The predicted octanol–water partition coefficient (Wildman–Crippen LogP) is 1.93. The maximum Gasteiger partial charge on any atom is 0.417 e. The summed E-state index contributed by atoms with van der Waals surface area (Å²) in [5.41, 5.74) is -1.03. The van der Waals surface area contributed by atoms with E-state index in [0.29, 0.717) is 18.7 Å². The molecule has 2 heterocycles. The van der Waals surface area contributed by atoms with Crippen molar-refractivity contribution in [3.8, 4) is 0 Å². The minimum absolute atomic E-state index is 0.132. The lowest BCUT2D eigenvalue weighted by Gasteiger charge is -2.39. The number of aryl methyl sites for hydroxylation is 2. The summed E-state index contributed by atoms with van der Waals surface area (Å²) < 4.78 is 43.1. The van der Waals surface area contributed by atoms with Gasteiger partial charge in [-0.15, -0.1) is 0 Å². The molecule has 0 atom stereocenters. The molecule has 9 heteroatoms. The highest BCUT2D eigenvalue weighted by atomic mass is 19.4. The minimum atomic E-state index is -4.67. The number of aliphatic hydroxyl groups is 1. The molecule has 0 spiro atoms. The van der Waals surface area contributed by atoms with Crippen LogP contribution in [0.25, 0.3) is 0 Å². The molecule has 0 radical (unpaired) electrons. The molecular weight excluding hydrogens is 315 g/mol. The van der Waals surface area contributed by atoms with E-state index >= 15 is 0 Å². The van der Waals surface area contributed by atoms with Crippen molar-refractivity contribution in [3.63, 3.8) is 0 Å². The second-order valence-electron chi connectivity index (χ2n) is 5.80. The van der Waals surface area contributed by atoms with E-state index in [0.717, 1.165) is 11.3 Å². The topological polar surface area (TPSA) is 78.6 Å². The van der Waals surface area contributed by atoms with Gasteiger partial charge in [0, 0.05) is 38.0 Å². The fraction of sp³-hybridized carbons (Fsp3) is 0.714. The summed E-state index contributed by atoms with van der Waals surface area (Å²) in [5, 5.41) is 16.0. The first-order valence-electron chi connectivity index (χ1n) is 7.38. The molecule has 130 valence electrons. The van der Waals surface area contributed by atoms with Crippen LogP contribution in [0.3, 0.4) is 0 Å². The molecule has 2 rings (SSSR count). The molecule has 1 aromatic heterocycles. The predicted molar refractivity (Wildman–Crippen MR) is 74.9 cm³/mol. The van der Waals surface area contributed by atoms with Gasteiger partial charge in [-0.3, -0.25) is 0 Å². The number of hydrogen-bond acceptors (Lipinski definition) is 4. The van der Waals surface area contributed by atoms with Gasteiger partial charge in [-0.1, -0.05) is 5.16 Å². The Labute approximate surface area is 131 Å². The lowest BCUT2D eigenvalue weighted by molar-refractivity contribution is -0.271. The van der Waals surface area contributed by atoms with Crippen LogP contribution in [0.15, 0.2) is 4.52 Å². The van der Waals surface area contributed by atoms with Gasteiger partial charge in [0.1, 0.15) is 5.76 Å². The number of carbonyl (C=O) groups is 1. The monoisotopic (exact) mass is 335 g/mol. The molecule has 0 saturated carbocycles. The van der Waals surface area contributed by atoms with E-state index in [1.165, 1.54) is 4.90 Å². The molecule has 1 aliphatic rings. The number of nitrogens with one attached hydrogen (secondary N) is 1. The molecule has 23 heavy (non-hydrogen) atoms. The van der Waals surface area contributed by atoms with Crippen molar-refractivity contribution in [2.75, 3.05) is 19.6 Å². The molecule has 0 unspecified atom stereocenters. The summed E-state index contributed by atoms with van der Waals surface area (Å²) in [5.74, 6) is 0.685. The largest absolute Gasteiger partial charge is 0.417 e. The lowest BCUT2D eigenvalue weighted by atomic mass is 9.91. The quantitative estimate of drug-likeness (QED) is 0.885. The first kappa shape index (κ1) is 17.6. The van der Waals surface area contributed by atoms with E-state index in [-0.39, 0.29) is 13.1 Å². The zero-order valence-corrected chi connectivity index (χ0v) is 13.0. The van der Waals surface area contributed by atoms with Gasteiger partial charge in [0.15, 0.2) is 5.60 Å². The number of carbonyl (C=O) groups excluding carboxylic acids is 1. The first-order valence-corrected chi connectivity index (χ1v) is 7.38. The van der Waals surface area contributed by atoms with Gasteiger partial charge in [0.2, 0.25) is 0 Å². The van der Waals surface area contributed by atoms with Gasteiger partial charge < -0.3 is 19.8 Å². The zero-order chi connectivity index (χ0) is 17.3. The Kier molecular flexibility index (Phi) is 4.88. The number of rotatable bonds is 3. The average molecular weight is 335 g/mol. The molecule has 2 amide bonds. The number of urea groups is 1. The smallest absolute Gasteiger partial charge is 0.380 e. The Morgan fingerprint density at radius 1 is 1.39 bits per heavy atom. The fourth-order valence-corrected chi connectivity index (χ4v) is 2.63. The number of hydrogen-bond donors (Lipinski definition) is 2. The molecule has 1 saturated heterocycles. The van der Waals surface area contributed by atoms with Gasteiger partial charge >= 0.3 is 12.2 Å². The lowest BCUT2D eigenvalue weighted by Crippen LogP contribution is -2.55. The van der Waals surface area contributed by atoms with Crippen LogP contribution in [0.1, 0.15) is 29.9 Å². The van der Waals surface area contributed by atoms with Gasteiger partial charge in [-0.05, 0) is 20.3 Å². The molecule has 0 aromatic carbocycles. The van der Waals surface area contributed by atoms with Crippen LogP contribution in [0.2, 0.25) is 0 Å². The van der Waals surface area contributed by atoms with Crippen LogP contribution in [-0.2, 0) is 6.42 Å². The number of amides is 2. The number of alkyl halides is 3. The molecular formula is C14H20F3N3O3. The molecule has 2 N–H and O–H groups in total. The minimum Gasteiger partial charge on any atom is -0.380 e. The summed E-state index contributed by atoms with van der Waals surface area (Å²) in [6, 6.07) is -0.430. The van der Waals surface area contributed by atoms with Crippen LogP contribution in [-0.4, -0.2) is 52.6 Å². The zero-order valence-electron chi connectivity index (χ0n) is 13.0. The summed E-state index contributed by atoms with van der Waals surface area (Å²) >= 11 is 0. The van der Waals surface area contributed by atoms with E-state index < -0.39 is 30.7 Å². The van der Waals surface area contributed by atoms with Crippen molar-refractivity contribution in [1.29, 1.82) is 0 Å². The van der Waals surface area contributed by atoms with E-state index in [4.69, 9.17) is 4.52 Å². The van der Waals surface area contributed by atoms with Crippen molar-refractivity contribution in [1.82, 2.24) is 15.4 Å². The number of halogens is 3. The van der Waals surface area contributed by atoms with Crippen molar-refractivity contribution in [2.24, 2.45) is 0 Å². The van der Waals surface area contributed by atoms with E-state index in [9.17, 15) is 23.1 Å². The van der Waals surface area contributed by atoms with Crippen molar-refractivity contribution in [2.45, 2.75) is 44.9 Å². The highest BCUT2D eigenvalue weighted by Gasteiger charge is 2.54. The van der Waals surface area contributed by atoms with Crippen LogP contribution in [0.4, 0.5) is 18.0 Å². The Morgan fingerprint density at radius 3 is 2.48 bits per heavy atom. The second-order valence-corrected chi connectivity index (χ2v) is 5.80. The Bertz CT molecular complexity index is 544. The van der Waals surface area contributed by atoms with Crippen LogP contribution in [0.5, 0.6) is 0 Å². The van der Waals surface area contributed by atoms with Gasteiger partial charge in [-0.25, -0.2) is 4.79 Å². The highest BCUT2D eigenvalue weighted by molar-refractivity contribution is 5.74. The van der Waals surface area contributed by atoms with E-state index in [2.05, 4.69) is 10.5 Å². The number of aromatic nitrogens is 1.